The maximum atomic E-state index is 13.4. The summed E-state index contributed by atoms with van der Waals surface area (Å²) in [5, 5.41) is 9.06. The van der Waals surface area contributed by atoms with Crippen molar-refractivity contribution in [2.45, 2.75) is 79.1 Å². The Balaban J connectivity index is 2.75. The van der Waals surface area contributed by atoms with Gasteiger partial charge in [-0.25, -0.2) is 14.4 Å². The second-order valence-electron chi connectivity index (χ2n) is 11.7. The predicted molar refractivity (Wildman–Crippen MR) is 140 cm³/mol. The van der Waals surface area contributed by atoms with E-state index in [0.29, 0.717) is 5.56 Å². The number of nitriles is 1. The van der Waals surface area contributed by atoms with Crippen LogP contribution in [0.25, 0.3) is 0 Å². The van der Waals surface area contributed by atoms with Crippen molar-refractivity contribution in [2.75, 3.05) is 0 Å². The van der Waals surface area contributed by atoms with Crippen molar-refractivity contribution in [3.05, 3.63) is 69.8 Å². The Morgan fingerprint density at radius 3 is 1.32 bits per heavy atom. The molecule has 11 heteroatoms. The van der Waals surface area contributed by atoms with Gasteiger partial charge in [-0.3, -0.25) is 19.5 Å². The highest BCUT2D eigenvalue weighted by Crippen LogP contribution is 2.26. The molecular formula is C29H33NO10. The summed E-state index contributed by atoms with van der Waals surface area (Å²) in [4.78, 5) is 83.0. The number of rotatable bonds is 8. The Hall–Kier alpha value is -4.11. The first kappa shape index (κ1) is 32.1. The molecular weight excluding hydrogens is 522 g/mol. The zero-order valence-corrected chi connectivity index (χ0v) is 24.0. The van der Waals surface area contributed by atoms with E-state index in [1.807, 2.05) is 6.07 Å². The second kappa shape index (κ2) is 12.4. The van der Waals surface area contributed by atoms with Crippen LogP contribution in [0.3, 0.4) is 0 Å². The molecule has 0 amide bonds. The van der Waals surface area contributed by atoms with Gasteiger partial charge in [-0.15, -0.1) is 0 Å². The van der Waals surface area contributed by atoms with Gasteiger partial charge < -0.3 is 0 Å². The zero-order chi connectivity index (χ0) is 30.5. The number of carbonyl (C=O) groups is 4. The lowest BCUT2D eigenvalue weighted by Crippen LogP contribution is -2.28. The lowest BCUT2D eigenvalue weighted by Gasteiger charge is -2.20. The summed E-state index contributed by atoms with van der Waals surface area (Å²) in [5.74, 6) is -4.26. The van der Waals surface area contributed by atoms with Crippen LogP contribution in [-0.4, -0.2) is 40.5 Å². The highest BCUT2D eigenvalue weighted by atomic mass is 17.2. The monoisotopic (exact) mass is 555 g/mol. The van der Waals surface area contributed by atoms with Crippen molar-refractivity contribution in [1.29, 1.82) is 5.26 Å². The summed E-state index contributed by atoms with van der Waals surface area (Å²) in [6.45, 7) is 14.5. The van der Waals surface area contributed by atoms with Crippen LogP contribution >= 0.6 is 0 Å². The van der Waals surface area contributed by atoms with Crippen LogP contribution in [0.4, 0.5) is 0 Å². The van der Waals surface area contributed by atoms with Gasteiger partial charge >= 0.3 is 17.9 Å². The van der Waals surface area contributed by atoms with Crippen molar-refractivity contribution in [3.63, 3.8) is 0 Å². The van der Waals surface area contributed by atoms with Gasteiger partial charge in [-0.2, -0.15) is 19.9 Å². The summed E-state index contributed by atoms with van der Waals surface area (Å²) in [7, 11) is 0. The topological polar surface area (TPSA) is 147 Å². The zero-order valence-electron chi connectivity index (χ0n) is 24.0. The Morgan fingerprint density at radius 2 is 0.975 bits per heavy atom. The molecule has 0 radical (unpaired) electrons. The van der Waals surface area contributed by atoms with E-state index in [0.717, 1.165) is 12.1 Å². The number of ketones is 1. The normalized spacial score (nSPS) is 11.8. The smallest absolute Gasteiger partial charge is 0.292 e. The van der Waals surface area contributed by atoms with Crippen LogP contribution in [0.5, 0.6) is 0 Å². The van der Waals surface area contributed by atoms with Crippen molar-refractivity contribution >= 4 is 23.7 Å². The van der Waals surface area contributed by atoms with Crippen LogP contribution in [0.15, 0.2) is 36.4 Å². The van der Waals surface area contributed by atoms with Crippen LogP contribution in [-0.2, 0) is 29.3 Å². The Labute approximate surface area is 232 Å². The summed E-state index contributed by atoms with van der Waals surface area (Å²) in [6, 6.07) is 9.74. The van der Waals surface area contributed by atoms with Crippen LogP contribution < -0.4 is 0 Å². The minimum atomic E-state index is -1.24. The second-order valence-corrected chi connectivity index (χ2v) is 11.7. The van der Waals surface area contributed by atoms with Gasteiger partial charge in [0.2, 0.25) is 0 Å². The highest BCUT2D eigenvalue weighted by Gasteiger charge is 2.33. The molecule has 0 aliphatic carbocycles. The van der Waals surface area contributed by atoms with E-state index in [2.05, 4.69) is 0 Å². The summed E-state index contributed by atoms with van der Waals surface area (Å²) >= 11 is 0. The van der Waals surface area contributed by atoms with Gasteiger partial charge in [0, 0.05) is 11.1 Å². The SMILES string of the molecule is CC(C)(C)OOC(=O)c1cc(C(=O)c2ccc(C#N)cc2)cc(C(=O)OOC(C)(C)C)c1C(=O)OOC(C)(C)C. The fourth-order valence-corrected chi connectivity index (χ4v) is 2.80. The van der Waals surface area contributed by atoms with E-state index in [1.54, 1.807) is 62.3 Å². The maximum Gasteiger partial charge on any atom is 0.374 e. The van der Waals surface area contributed by atoms with Gasteiger partial charge in [0.15, 0.2) is 5.78 Å². The minimum Gasteiger partial charge on any atom is -0.292 e. The highest BCUT2D eigenvalue weighted by molar-refractivity contribution is 6.15. The molecule has 0 N–H and O–H groups in total. The molecule has 2 aromatic carbocycles. The molecule has 0 unspecified atom stereocenters. The molecule has 0 aliphatic heterocycles. The van der Waals surface area contributed by atoms with Crippen molar-refractivity contribution < 1.29 is 48.5 Å². The van der Waals surface area contributed by atoms with E-state index in [1.165, 1.54) is 24.3 Å². The molecule has 0 aromatic heterocycles. The van der Waals surface area contributed by atoms with E-state index < -0.39 is 57.2 Å². The molecule has 214 valence electrons. The standard InChI is InChI=1S/C29H33NO10/c1-27(2,3)38-35-24(32)20-14-19(23(31)18-12-10-17(16-30)11-13-18)15-21(25(33)36-39-28(4,5)6)22(20)26(34)37-40-29(7,8)9/h10-15H,1-9H3. The van der Waals surface area contributed by atoms with E-state index in [9.17, 15) is 19.2 Å². The Bertz CT molecular complexity index is 1270. The van der Waals surface area contributed by atoms with Crippen LogP contribution in [0.1, 0.15) is 115 Å². The predicted octanol–water partition coefficient (Wildman–Crippen LogP) is 5.45. The molecule has 0 aliphatic rings. The first-order valence-electron chi connectivity index (χ1n) is 12.2. The number of hydrogen-bond donors (Lipinski definition) is 0. The Kier molecular flexibility index (Phi) is 9.94. The van der Waals surface area contributed by atoms with E-state index >= 15 is 0 Å². The maximum absolute atomic E-state index is 13.4. The molecule has 0 fully saturated rings. The van der Waals surface area contributed by atoms with Gasteiger partial charge in [0.05, 0.1) is 28.3 Å². The molecule has 0 bridgehead atoms. The summed E-state index contributed by atoms with van der Waals surface area (Å²) < 4.78 is 0. The third-order valence-corrected chi connectivity index (χ3v) is 4.42. The van der Waals surface area contributed by atoms with Gasteiger partial charge in [0.25, 0.3) is 0 Å². The first-order valence-corrected chi connectivity index (χ1v) is 12.2. The van der Waals surface area contributed by atoms with Gasteiger partial charge in [-0.05, 0) is 98.7 Å². The average molecular weight is 556 g/mol. The third-order valence-electron chi connectivity index (χ3n) is 4.42. The van der Waals surface area contributed by atoms with Crippen LogP contribution in [0, 0.1) is 11.3 Å². The largest absolute Gasteiger partial charge is 0.374 e. The number of carbonyl (C=O) groups excluding carboxylic acids is 4. The fourth-order valence-electron chi connectivity index (χ4n) is 2.80. The molecule has 0 spiro atoms. The van der Waals surface area contributed by atoms with Gasteiger partial charge in [0.1, 0.15) is 16.8 Å². The number of nitrogens with zero attached hydrogens (tertiary/aromatic N) is 1. The third kappa shape index (κ3) is 9.57. The van der Waals surface area contributed by atoms with Crippen molar-refractivity contribution in [1.82, 2.24) is 0 Å². The van der Waals surface area contributed by atoms with Crippen molar-refractivity contribution in [3.8, 4) is 6.07 Å². The number of hydrogen-bond acceptors (Lipinski definition) is 11. The molecule has 0 saturated heterocycles. The molecule has 0 heterocycles. The lowest BCUT2D eigenvalue weighted by atomic mass is 9.93. The van der Waals surface area contributed by atoms with Crippen molar-refractivity contribution in [2.24, 2.45) is 0 Å². The Morgan fingerprint density at radius 1 is 0.600 bits per heavy atom. The van der Waals surface area contributed by atoms with E-state index in [-0.39, 0.29) is 11.1 Å². The minimum absolute atomic E-state index is 0.140. The summed E-state index contributed by atoms with van der Waals surface area (Å²) in [6.07, 6.45) is 0. The molecule has 11 nitrogen and oxygen atoms in total. The molecule has 0 saturated carbocycles. The van der Waals surface area contributed by atoms with Crippen LogP contribution in [0.2, 0.25) is 0 Å². The van der Waals surface area contributed by atoms with Gasteiger partial charge in [-0.1, -0.05) is 0 Å². The first-order chi connectivity index (χ1) is 18.3. The molecule has 2 rings (SSSR count). The van der Waals surface area contributed by atoms with E-state index in [4.69, 9.17) is 34.6 Å². The fraction of sp³-hybridized carbons (Fsp3) is 0.414. The average Bonchev–Trinajstić information content (AvgIpc) is 2.86. The summed E-state index contributed by atoms with van der Waals surface area (Å²) in [5.41, 5.74) is -4.18. The molecule has 40 heavy (non-hydrogen) atoms. The molecule has 2 aromatic rings. The quantitative estimate of drug-likeness (QED) is 0.233. The molecule has 0 atom stereocenters. The lowest BCUT2D eigenvalue weighted by molar-refractivity contribution is -0.303. The number of benzene rings is 2.